The van der Waals surface area contributed by atoms with Crippen LogP contribution in [-0.2, 0) is 16.6 Å². The Kier molecular flexibility index (Phi) is 4.88. The molecule has 2 aromatic carbocycles. The molecular weight excluding hydrogens is 308 g/mol. The van der Waals surface area contributed by atoms with E-state index in [1.54, 1.807) is 37.3 Å². The van der Waals surface area contributed by atoms with Crippen molar-refractivity contribution in [1.29, 1.82) is 0 Å². The van der Waals surface area contributed by atoms with Gasteiger partial charge in [0.15, 0.2) is 0 Å². The number of benzene rings is 2. The second-order valence-electron chi connectivity index (χ2n) is 4.70. The Hall–Kier alpha value is -1.56. The molecule has 6 heteroatoms. The molecule has 0 radical (unpaired) electrons. The van der Waals surface area contributed by atoms with Crippen molar-refractivity contribution in [2.75, 3.05) is 11.8 Å². The molecule has 0 spiro atoms. The van der Waals surface area contributed by atoms with Crippen LogP contribution in [0.25, 0.3) is 0 Å². The summed E-state index contributed by atoms with van der Waals surface area (Å²) in [6.07, 6.45) is 0. The third-order valence-corrected chi connectivity index (χ3v) is 5.00. The third kappa shape index (κ3) is 3.75. The van der Waals surface area contributed by atoms with E-state index >= 15 is 0 Å². The number of hydrogen-bond acceptors (Lipinski definition) is 3. The van der Waals surface area contributed by atoms with Gasteiger partial charge in [-0.25, -0.2) is 8.42 Å². The molecule has 0 heterocycles. The molecule has 21 heavy (non-hydrogen) atoms. The van der Waals surface area contributed by atoms with E-state index in [2.05, 4.69) is 10.0 Å². The van der Waals surface area contributed by atoms with Gasteiger partial charge in [-0.3, -0.25) is 4.72 Å². The Balaban J connectivity index is 2.33. The van der Waals surface area contributed by atoms with Crippen molar-refractivity contribution in [2.45, 2.75) is 18.4 Å². The van der Waals surface area contributed by atoms with Gasteiger partial charge in [0.1, 0.15) is 0 Å². The molecule has 0 fully saturated rings. The Morgan fingerprint density at radius 3 is 2.57 bits per heavy atom. The van der Waals surface area contributed by atoms with Gasteiger partial charge >= 0.3 is 0 Å². The first-order valence-electron chi connectivity index (χ1n) is 6.45. The molecule has 0 saturated carbocycles. The summed E-state index contributed by atoms with van der Waals surface area (Å²) in [5.74, 6) is 0. The highest BCUT2D eigenvalue weighted by Crippen LogP contribution is 2.25. The molecule has 0 aliphatic carbocycles. The summed E-state index contributed by atoms with van der Waals surface area (Å²) in [4.78, 5) is 0.189. The van der Waals surface area contributed by atoms with Gasteiger partial charge in [-0.1, -0.05) is 29.8 Å². The fourth-order valence-electron chi connectivity index (χ4n) is 2.04. The second-order valence-corrected chi connectivity index (χ2v) is 6.76. The minimum absolute atomic E-state index is 0.189. The average Bonchev–Trinajstić information content (AvgIpc) is 2.42. The minimum atomic E-state index is -3.65. The predicted molar refractivity (Wildman–Crippen MR) is 86.2 cm³/mol. The maximum Gasteiger partial charge on any atom is 0.262 e. The summed E-state index contributed by atoms with van der Waals surface area (Å²) in [5, 5.41) is 3.46. The van der Waals surface area contributed by atoms with Gasteiger partial charge in [0.2, 0.25) is 0 Å². The number of anilines is 1. The van der Waals surface area contributed by atoms with Gasteiger partial charge in [0, 0.05) is 17.3 Å². The van der Waals surface area contributed by atoms with Gasteiger partial charge in [0.05, 0.1) is 4.90 Å². The monoisotopic (exact) mass is 324 g/mol. The summed E-state index contributed by atoms with van der Waals surface area (Å²) in [5.41, 5.74) is 2.07. The summed E-state index contributed by atoms with van der Waals surface area (Å²) >= 11 is 5.99. The van der Waals surface area contributed by atoms with E-state index in [9.17, 15) is 8.42 Å². The molecular formula is C15H17ClN2O2S. The van der Waals surface area contributed by atoms with Gasteiger partial charge in [-0.15, -0.1) is 0 Å². The van der Waals surface area contributed by atoms with E-state index in [1.807, 2.05) is 19.2 Å². The van der Waals surface area contributed by atoms with E-state index in [4.69, 9.17) is 11.6 Å². The van der Waals surface area contributed by atoms with Crippen molar-refractivity contribution >= 4 is 27.3 Å². The van der Waals surface area contributed by atoms with E-state index in [1.165, 1.54) is 0 Å². The summed E-state index contributed by atoms with van der Waals surface area (Å²) in [7, 11) is -1.81. The fraction of sp³-hybridized carbons (Fsp3) is 0.200. The van der Waals surface area contributed by atoms with Crippen molar-refractivity contribution in [3.63, 3.8) is 0 Å². The van der Waals surface area contributed by atoms with Crippen LogP contribution in [0.2, 0.25) is 5.02 Å². The van der Waals surface area contributed by atoms with Crippen molar-refractivity contribution in [1.82, 2.24) is 5.32 Å². The normalized spacial score (nSPS) is 11.4. The van der Waals surface area contributed by atoms with E-state index in [-0.39, 0.29) is 4.90 Å². The summed E-state index contributed by atoms with van der Waals surface area (Å²) < 4.78 is 27.5. The third-order valence-electron chi connectivity index (χ3n) is 3.07. The molecule has 2 aromatic rings. The highest BCUT2D eigenvalue weighted by molar-refractivity contribution is 7.92. The molecule has 4 nitrogen and oxygen atoms in total. The molecule has 0 amide bonds. The molecule has 112 valence electrons. The molecule has 0 unspecified atom stereocenters. The zero-order valence-corrected chi connectivity index (χ0v) is 13.4. The second kappa shape index (κ2) is 6.47. The fourth-order valence-corrected chi connectivity index (χ4v) is 3.59. The van der Waals surface area contributed by atoms with Gasteiger partial charge in [0.25, 0.3) is 10.0 Å². The molecule has 0 aliphatic rings. The first kappa shape index (κ1) is 15.8. The maximum atomic E-state index is 12.5. The van der Waals surface area contributed by atoms with Crippen molar-refractivity contribution < 1.29 is 8.42 Å². The predicted octanol–water partition coefficient (Wildman–Crippen LogP) is 3.17. The van der Waals surface area contributed by atoms with Gasteiger partial charge < -0.3 is 5.32 Å². The molecule has 0 atom stereocenters. The number of sulfonamides is 1. The lowest BCUT2D eigenvalue weighted by Crippen LogP contribution is -2.15. The number of hydrogen-bond donors (Lipinski definition) is 2. The van der Waals surface area contributed by atoms with Crippen LogP contribution < -0.4 is 10.0 Å². The molecule has 0 saturated heterocycles. The van der Waals surface area contributed by atoms with Crippen LogP contribution in [0, 0.1) is 6.92 Å². The Labute approximate surface area is 130 Å². The quantitative estimate of drug-likeness (QED) is 0.888. The molecule has 0 bridgehead atoms. The molecule has 2 rings (SSSR count). The largest absolute Gasteiger partial charge is 0.316 e. The standard InChI is InChI=1S/C15H17ClN2O2S/c1-11-14(16)7-4-8-15(11)21(19,20)18-13-6-3-5-12(9-13)10-17-2/h3-9,17-18H,10H2,1-2H3. The number of halogens is 1. The van der Waals surface area contributed by atoms with Crippen molar-refractivity contribution in [2.24, 2.45) is 0 Å². The lowest BCUT2D eigenvalue weighted by Gasteiger charge is -2.12. The zero-order chi connectivity index (χ0) is 15.5. The van der Waals surface area contributed by atoms with E-state index in [0.29, 0.717) is 22.8 Å². The maximum absolute atomic E-state index is 12.5. The number of nitrogens with one attached hydrogen (secondary N) is 2. The SMILES string of the molecule is CNCc1cccc(NS(=O)(=O)c2cccc(Cl)c2C)c1. The zero-order valence-electron chi connectivity index (χ0n) is 11.9. The van der Waals surface area contributed by atoms with Crippen molar-refractivity contribution in [3.05, 3.63) is 58.6 Å². The molecule has 0 aromatic heterocycles. The van der Waals surface area contributed by atoms with Gasteiger partial charge in [-0.05, 0) is 49.4 Å². The van der Waals surface area contributed by atoms with E-state index in [0.717, 1.165) is 5.56 Å². The van der Waals surface area contributed by atoms with Crippen LogP contribution in [0.5, 0.6) is 0 Å². The average molecular weight is 325 g/mol. The Bertz CT molecular complexity index is 745. The van der Waals surface area contributed by atoms with Crippen LogP contribution >= 0.6 is 11.6 Å². The molecule has 2 N–H and O–H groups in total. The first-order chi connectivity index (χ1) is 9.94. The van der Waals surface area contributed by atoms with Crippen LogP contribution in [0.1, 0.15) is 11.1 Å². The van der Waals surface area contributed by atoms with Crippen LogP contribution in [0.3, 0.4) is 0 Å². The van der Waals surface area contributed by atoms with Crippen molar-refractivity contribution in [3.8, 4) is 0 Å². The minimum Gasteiger partial charge on any atom is -0.316 e. The smallest absolute Gasteiger partial charge is 0.262 e. The highest BCUT2D eigenvalue weighted by Gasteiger charge is 2.18. The number of rotatable bonds is 5. The van der Waals surface area contributed by atoms with Crippen LogP contribution in [0.15, 0.2) is 47.4 Å². The topological polar surface area (TPSA) is 58.2 Å². The van der Waals surface area contributed by atoms with Gasteiger partial charge in [-0.2, -0.15) is 0 Å². The lowest BCUT2D eigenvalue weighted by molar-refractivity contribution is 0.600. The summed E-state index contributed by atoms with van der Waals surface area (Å²) in [6.45, 7) is 2.36. The van der Waals surface area contributed by atoms with Crippen LogP contribution in [-0.4, -0.2) is 15.5 Å². The van der Waals surface area contributed by atoms with Crippen LogP contribution in [0.4, 0.5) is 5.69 Å². The highest BCUT2D eigenvalue weighted by atomic mass is 35.5. The Morgan fingerprint density at radius 2 is 1.86 bits per heavy atom. The first-order valence-corrected chi connectivity index (χ1v) is 8.31. The summed E-state index contributed by atoms with van der Waals surface area (Å²) in [6, 6.07) is 12.1. The lowest BCUT2D eigenvalue weighted by atomic mass is 10.2. The Morgan fingerprint density at radius 1 is 1.14 bits per heavy atom. The van der Waals surface area contributed by atoms with E-state index < -0.39 is 10.0 Å². The molecule has 0 aliphatic heterocycles.